The lowest BCUT2D eigenvalue weighted by Crippen LogP contribution is -2.51. The number of likely N-dealkylation sites (tertiary alicyclic amines) is 1. The van der Waals surface area contributed by atoms with E-state index in [9.17, 15) is 4.79 Å². The normalized spacial score (nSPS) is 26.9. The van der Waals surface area contributed by atoms with Crippen molar-refractivity contribution in [2.75, 3.05) is 25.1 Å². The van der Waals surface area contributed by atoms with Gasteiger partial charge in [0, 0.05) is 18.6 Å². The fraction of sp³-hybridized carbons (Fsp3) is 0.933. The van der Waals surface area contributed by atoms with Gasteiger partial charge in [-0.1, -0.05) is 25.7 Å². The Morgan fingerprint density at radius 2 is 1.89 bits per heavy atom. The molecular weight excluding hydrogens is 256 g/mol. The molecule has 2 fully saturated rings. The molecule has 1 saturated carbocycles. The second-order valence-electron chi connectivity index (χ2n) is 5.98. The van der Waals surface area contributed by atoms with Crippen molar-refractivity contribution in [3.05, 3.63) is 0 Å². The lowest BCUT2D eigenvalue weighted by atomic mass is 10.00. The monoisotopic (exact) mass is 284 g/mol. The van der Waals surface area contributed by atoms with Gasteiger partial charge in [0.05, 0.1) is 5.75 Å². The highest BCUT2D eigenvalue weighted by molar-refractivity contribution is 7.99. The zero-order valence-corrected chi connectivity index (χ0v) is 13.0. The number of hydrogen-bond acceptors (Lipinski definition) is 3. The van der Waals surface area contributed by atoms with Crippen LogP contribution in [0.2, 0.25) is 0 Å². The third-order valence-corrected chi connectivity index (χ3v) is 4.99. The highest BCUT2D eigenvalue weighted by Gasteiger charge is 2.26. The SMILES string of the molecule is CSCC(=O)NC1CCCN(C2CCCCCC2)C1. The molecule has 0 aromatic heterocycles. The zero-order valence-electron chi connectivity index (χ0n) is 12.2. The summed E-state index contributed by atoms with van der Waals surface area (Å²) in [7, 11) is 0. The van der Waals surface area contributed by atoms with Crippen molar-refractivity contribution in [1.29, 1.82) is 0 Å². The summed E-state index contributed by atoms with van der Waals surface area (Å²) < 4.78 is 0. The van der Waals surface area contributed by atoms with Crippen molar-refractivity contribution in [3.8, 4) is 0 Å². The molecule has 19 heavy (non-hydrogen) atoms. The number of nitrogens with one attached hydrogen (secondary N) is 1. The lowest BCUT2D eigenvalue weighted by Gasteiger charge is -2.38. The first kappa shape index (κ1) is 15.2. The van der Waals surface area contributed by atoms with E-state index in [1.165, 1.54) is 51.5 Å². The van der Waals surface area contributed by atoms with Crippen molar-refractivity contribution in [3.63, 3.8) is 0 Å². The first-order valence-electron chi connectivity index (χ1n) is 7.82. The van der Waals surface area contributed by atoms with Crippen molar-refractivity contribution < 1.29 is 4.79 Å². The zero-order chi connectivity index (χ0) is 13.5. The van der Waals surface area contributed by atoms with Gasteiger partial charge in [-0.05, 0) is 38.5 Å². The molecule has 0 bridgehead atoms. The van der Waals surface area contributed by atoms with Crippen LogP contribution in [0.1, 0.15) is 51.4 Å². The summed E-state index contributed by atoms with van der Waals surface area (Å²) in [6.45, 7) is 2.31. The van der Waals surface area contributed by atoms with Gasteiger partial charge < -0.3 is 5.32 Å². The maximum Gasteiger partial charge on any atom is 0.230 e. The molecule has 2 rings (SSSR count). The molecule has 110 valence electrons. The predicted molar refractivity (Wildman–Crippen MR) is 82.6 cm³/mol. The minimum Gasteiger partial charge on any atom is -0.351 e. The van der Waals surface area contributed by atoms with Crippen molar-refractivity contribution in [2.24, 2.45) is 0 Å². The topological polar surface area (TPSA) is 32.3 Å². The van der Waals surface area contributed by atoms with Gasteiger partial charge >= 0.3 is 0 Å². The highest BCUT2D eigenvalue weighted by atomic mass is 32.2. The minimum absolute atomic E-state index is 0.209. The molecule has 0 radical (unpaired) electrons. The van der Waals surface area contributed by atoms with Crippen LogP contribution in [0.4, 0.5) is 0 Å². The lowest BCUT2D eigenvalue weighted by molar-refractivity contribution is -0.119. The van der Waals surface area contributed by atoms with E-state index in [1.54, 1.807) is 11.8 Å². The van der Waals surface area contributed by atoms with E-state index in [0.717, 1.165) is 19.0 Å². The van der Waals surface area contributed by atoms with E-state index in [4.69, 9.17) is 0 Å². The van der Waals surface area contributed by atoms with Gasteiger partial charge in [0.25, 0.3) is 0 Å². The molecule has 1 unspecified atom stereocenters. The number of rotatable bonds is 4. The van der Waals surface area contributed by atoms with Gasteiger partial charge in [-0.3, -0.25) is 9.69 Å². The number of piperidine rings is 1. The average Bonchev–Trinajstić information content (AvgIpc) is 2.68. The van der Waals surface area contributed by atoms with Crippen LogP contribution >= 0.6 is 11.8 Å². The van der Waals surface area contributed by atoms with Crippen LogP contribution in [0.3, 0.4) is 0 Å². The van der Waals surface area contributed by atoms with E-state index in [2.05, 4.69) is 10.2 Å². The fourth-order valence-electron chi connectivity index (χ4n) is 3.48. The Bertz CT molecular complexity index is 277. The molecule has 1 aliphatic carbocycles. The molecule has 0 aromatic rings. The van der Waals surface area contributed by atoms with Crippen LogP contribution < -0.4 is 5.32 Å². The van der Waals surface area contributed by atoms with Crippen LogP contribution in [0.15, 0.2) is 0 Å². The fourth-order valence-corrected chi connectivity index (χ4v) is 3.82. The molecule has 4 heteroatoms. The second kappa shape index (κ2) is 8.15. The number of nitrogens with zero attached hydrogens (tertiary/aromatic N) is 1. The first-order chi connectivity index (χ1) is 9.29. The quantitative estimate of drug-likeness (QED) is 0.806. The number of hydrogen-bond donors (Lipinski definition) is 1. The average molecular weight is 284 g/mol. The Hall–Kier alpha value is -0.220. The van der Waals surface area contributed by atoms with Crippen molar-refractivity contribution in [1.82, 2.24) is 10.2 Å². The van der Waals surface area contributed by atoms with E-state index in [1.807, 2.05) is 6.26 Å². The van der Waals surface area contributed by atoms with Crippen LogP contribution in [0.5, 0.6) is 0 Å². The third kappa shape index (κ3) is 4.99. The van der Waals surface area contributed by atoms with Crippen LogP contribution in [0.25, 0.3) is 0 Å². The van der Waals surface area contributed by atoms with Crippen LogP contribution in [0, 0.1) is 0 Å². The number of amides is 1. The molecule has 1 saturated heterocycles. The van der Waals surface area contributed by atoms with Crippen LogP contribution in [-0.4, -0.2) is 48.0 Å². The van der Waals surface area contributed by atoms with Crippen LogP contribution in [-0.2, 0) is 4.79 Å². The Balaban J connectivity index is 1.80. The summed E-state index contributed by atoms with van der Waals surface area (Å²) in [5.41, 5.74) is 0. The van der Waals surface area contributed by atoms with Gasteiger partial charge in [0.1, 0.15) is 0 Å². The van der Waals surface area contributed by atoms with E-state index in [-0.39, 0.29) is 5.91 Å². The summed E-state index contributed by atoms with van der Waals surface area (Å²) in [6.07, 6.45) is 12.7. The summed E-state index contributed by atoms with van der Waals surface area (Å²) in [5, 5.41) is 3.20. The minimum atomic E-state index is 0.209. The largest absolute Gasteiger partial charge is 0.351 e. The molecule has 1 N–H and O–H groups in total. The maximum absolute atomic E-state index is 11.7. The van der Waals surface area contributed by atoms with E-state index < -0.39 is 0 Å². The number of carbonyl (C=O) groups excluding carboxylic acids is 1. The molecular formula is C15H28N2OS. The second-order valence-corrected chi connectivity index (χ2v) is 6.85. The van der Waals surface area contributed by atoms with Gasteiger partial charge in [-0.2, -0.15) is 11.8 Å². The number of carbonyl (C=O) groups is 1. The molecule has 1 aliphatic heterocycles. The van der Waals surface area contributed by atoms with Gasteiger partial charge in [0.2, 0.25) is 5.91 Å². The van der Waals surface area contributed by atoms with E-state index >= 15 is 0 Å². The Labute approximate surface area is 121 Å². The highest BCUT2D eigenvalue weighted by Crippen LogP contribution is 2.24. The smallest absolute Gasteiger partial charge is 0.230 e. The van der Waals surface area contributed by atoms with Gasteiger partial charge in [0.15, 0.2) is 0 Å². The molecule has 0 spiro atoms. The van der Waals surface area contributed by atoms with Crippen molar-refractivity contribution in [2.45, 2.75) is 63.5 Å². The molecule has 1 atom stereocenters. The van der Waals surface area contributed by atoms with Crippen molar-refractivity contribution >= 4 is 17.7 Å². The molecule has 2 aliphatic rings. The van der Waals surface area contributed by atoms with Gasteiger partial charge in [-0.25, -0.2) is 0 Å². The summed E-state index contributed by atoms with van der Waals surface area (Å²) in [4.78, 5) is 14.4. The summed E-state index contributed by atoms with van der Waals surface area (Å²) >= 11 is 1.60. The Morgan fingerprint density at radius 3 is 2.58 bits per heavy atom. The molecule has 1 heterocycles. The summed E-state index contributed by atoms with van der Waals surface area (Å²) in [5.74, 6) is 0.806. The Kier molecular flexibility index (Phi) is 6.51. The molecule has 1 amide bonds. The third-order valence-electron chi connectivity index (χ3n) is 4.43. The predicted octanol–water partition coefficient (Wildman–Crippen LogP) is 2.65. The Morgan fingerprint density at radius 1 is 1.16 bits per heavy atom. The maximum atomic E-state index is 11.7. The first-order valence-corrected chi connectivity index (χ1v) is 9.21. The van der Waals surface area contributed by atoms with E-state index in [0.29, 0.717) is 11.8 Å². The van der Waals surface area contributed by atoms with Gasteiger partial charge in [-0.15, -0.1) is 0 Å². The number of thioether (sulfide) groups is 1. The molecule has 0 aromatic carbocycles. The molecule has 3 nitrogen and oxygen atoms in total. The summed E-state index contributed by atoms with van der Waals surface area (Å²) in [6, 6.07) is 1.17. The standard InChI is InChI=1S/C15H28N2OS/c1-19-12-15(18)16-13-7-6-10-17(11-13)14-8-4-2-3-5-9-14/h13-14H,2-12H2,1H3,(H,16,18).